The number of hydrogen-bond donors (Lipinski definition) is 1. The summed E-state index contributed by atoms with van der Waals surface area (Å²) in [5.74, 6) is 0.265. The molecule has 1 aliphatic heterocycles. The van der Waals surface area contributed by atoms with Gasteiger partial charge in [-0.1, -0.05) is 28.9 Å². The number of methoxy groups -OCH3 is 1. The van der Waals surface area contributed by atoms with Gasteiger partial charge < -0.3 is 14.2 Å². The number of aryl methyl sites for hydroxylation is 2. The number of carbonyl (C=O) groups excluding carboxylic acids is 3. The molecular weight excluding hydrogens is 552 g/mol. The van der Waals surface area contributed by atoms with Gasteiger partial charge in [-0.3, -0.25) is 14.9 Å². The van der Waals surface area contributed by atoms with Crippen LogP contribution in [-0.4, -0.2) is 38.2 Å². The predicted octanol–water partition coefficient (Wildman–Crippen LogP) is 5.45. The molecule has 8 nitrogen and oxygen atoms in total. The van der Waals surface area contributed by atoms with Crippen molar-refractivity contribution in [3.63, 3.8) is 0 Å². The van der Waals surface area contributed by atoms with E-state index in [1.54, 1.807) is 42.5 Å². The van der Waals surface area contributed by atoms with Crippen LogP contribution in [0.15, 0.2) is 70.7 Å². The minimum absolute atomic E-state index is 0.202. The number of amides is 4. The van der Waals surface area contributed by atoms with E-state index < -0.39 is 17.8 Å². The number of rotatable bonds is 9. The lowest BCUT2D eigenvalue weighted by molar-refractivity contribution is -0.122. The molecule has 1 aliphatic rings. The van der Waals surface area contributed by atoms with Gasteiger partial charge in [0.25, 0.3) is 11.8 Å². The molecule has 0 aliphatic carbocycles. The summed E-state index contributed by atoms with van der Waals surface area (Å²) in [4.78, 5) is 39.3. The molecule has 196 valence electrons. The van der Waals surface area contributed by atoms with Gasteiger partial charge >= 0.3 is 6.03 Å². The Morgan fingerprint density at radius 3 is 2.37 bits per heavy atom. The maximum atomic E-state index is 13.3. The molecule has 1 saturated heterocycles. The summed E-state index contributed by atoms with van der Waals surface area (Å²) in [7, 11) is 1.52. The fourth-order valence-corrected chi connectivity index (χ4v) is 4.34. The van der Waals surface area contributed by atoms with Gasteiger partial charge in [0.2, 0.25) is 0 Å². The third kappa shape index (κ3) is 6.23. The van der Waals surface area contributed by atoms with Crippen LogP contribution in [0.4, 0.5) is 10.5 Å². The Labute approximate surface area is 229 Å². The first kappa shape index (κ1) is 26.9. The van der Waals surface area contributed by atoms with Crippen LogP contribution in [0, 0.1) is 6.92 Å². The highest BCUT2D eigenvalue weighted by molar-refractivity contribution is 9.10. The Kier molecular flexibility index (Phi) is 8.48. The molecule has 1 heterocycles. The maximum Gasteiger partial charge on any atom is 0.335 e. The first-order valence-corrected chi connectivity index (χ1v) is 12.8. The molecule has 38 heavy (non-hydrogen) atoms. The minimum Gasteiger partial charge on any atom is -0.497 e. The molecule has 1 fully saturated rings. The molecule has 0 bridgehead atoms. The second kappa shape index (κ2) is 12.0. The third-order valence-electron chi connectivity index (χ3n) is 5.83. The van der Waals surface area contributed by atoms with Crippen molar-refractivity contribution in [3.8, 4) is 17.2 Å². The Morgan fingerprint density at radius 2 is 1.66 bits per heavy atom. The number of halogens is 1. The zero-order valence-electron chi connectivity index (χ0n) is 21.2. The minimum atomic E-state index is -0.826. The summed E-state index contributed by atoms with van der Waals surface area (Å²) in [5.41, 5.74) is 2.91. The Balaban J connectivity index is 1.53. The van der Waals surface area contributed by atoms with Crippen LogP contribution in [0.2, 0.25) is 0 Å². The largest absolute Gasteiger partial charge is 0.497 e. The highest BCUT2D eigenvalue weighted by atomic mass is 79.9. The van der Waals surface area contributed by atoms with Crippen molar-refractivity contribution in [2.24, 2.45) is 0 Å². The Morgan fingerprint density at radius 1 is 0.921 bits per heavy atom. The third-order valence-corrected chi connectivity index (χ3v) is 6.33. The van der Waals surface area contributed by atoms with Crippen molar-refractivity contribution in [1.29, 1.82) is 0 Å². The van der Waals surface area contributed by atoms with Crippen molar-refractivity contribution in [1.82, 2.24) is 5.32 Å². The topological polar surface area (TPSA) is 94.2 Å². The SMILES string of the molecule is CCc1cc(C)cc(OCCOc2ccc(Br)cc2C=C2C(=O)NC(=O)N(c3ccc(OC)cc3)C2=O)c1. The summed E-state index contributed by atoms with van der Waals surface area (Å²) in [6.07, 6.45) is 2.33. The van der Waals surface area contributed by atoms with E-state index in [4.69, 9.17) is 14.2 Å². The van der Waals surface area contributed by atoms with Gasteiger partial charge in [-0.2, -0.15) is 0 Å². The number of urea groups is 1. The quantitative estimate of drug-likeness (QED) is 0.206. The molecule has 1 N–H and O–H groups in total. The van der Waals surface area contributed by atoms with E-state index in [0.29, 0.717) is 29.4 Å². The van der Waals surface area contributed by atoms with Crippen LogP contribution in [-0.2, 0) is 16.0 Å². The summed E-state index contributed by atoms with van der Waals surface area (Å²) in [6.45, 7) is 4.66. The zero-order valence-corrected chi connectivity index (χ0v) is 22.8. The van der Waals surface area contributed by atoms with Crippen LogP contribution in [0.1, 0.15) is 23.6 Å². The fraction of sp³-hybridized carbons (Fsp3) is 0.207. The number of hydrogen-bond acceptors (Lipinski definition) is 6. The van der Waals surface area contributed by atoms with E-state index in [1.807, 2.05) is 19.1 Å². The number of ether oxygens (including phenoxy) is 3. The van der Waals surface area contributed by atoms with Crippen LogP contribution in [0.5, 0.6) is 17.2 Å². The molecule has 4 rings (SSSR count). The van der Waals surface area contributed by atoms with Crippen molar-refractivity contribution in [2.75, 3.05) is 25.2 Å². The molecule has 9 heteroatoms. The standard InChI is InChI=1S/C29H27BrN2O6/c1-4-19-13-18(2)14-24(15-19)37-11-12-38-26-10-5-21(30)16-20(26)17-25-27(33)31-29(35)32(28(25)34)22-6-8-23(36-3)9-7-22/h5-10,13-17H,4,11-12H2,1-3H3,(H,31,33,35). The molecule has 0 spiro atoms. The summed E-state index contributed by atoms with van der Waals surface area (Å²) in [6, 6.07) is 16.9. The zero-order chi connectivity index (χ0) is 27.2. The number of barbiturate groups is 1. The number of nitrogens with one attached hydrogen (secondary N) is 1. The van der Waals surface area contributed by atoms with Gasteiger partial charge in [0.1, 0.15) is 36.0 Å². The second-order valence-corrected chi connectivity index (χ2v) is 9.46. The van der Waals surface area contributed by atoms with Gasteiger partial charge in [0.05, 0.1) is 12.8 Å². The predicted molar refractivity (Wildman–Crippen MR) is 148 cm³/mol. The lowest BCUT2D eigenvalue weighted by atomic mass is 10.1. The van der Waals surface area contributed by atoms with E-state index in [9.17, 15) is 14.4 Å². The summed E-state index contributed by atoms with van der Waals surface area (Å²) < 4.78 is 17.7. The number of imide groups is 2. The lowest BCUT2D eigenvalue weighted by Crippen LogP contribution is -2.54. The highest BCUT2D eigenvalue weighted by Crippen LogP contribution is 2.29. The van der Waals surface area contributed by atoms with Gasteiger partial charge in [0.15, 0.2) is 0 Å². The second-order valence-electron chi connectivity index (χ2n) is 8.54. The molecule has 0 aromatic heterocycles. The first-order chi connectivity index (χ1) is 18.3. The number of anilines is 1. The van der Waals surface area contributed by atoms with E-state index in [1.165, 1.54) is 18.7 Å². The number of carbonyl (C=O) groups is 3. The van der Waals surface area contributed by atoms with Crippen LogP contribution < -0.4 is 24.4 Å². The molecule has 0 saturated carbocycles. The summed E-state index contributed by atoms with van der Waals surface area (Å²) >= 11 is 3.42. The monoisotopic (exact) mass is 578 g/mol. The molecule has 0 unspecified atom stereocenters. The lowest BCUT2D eigenvalue weighted by Gasteiger charge is -2.26. The molecule has 0 atom stereocenters. The van der Waals surface area contributed by atoms with Gasteiger partial charge in [-0.05, 0) is 85.1 Å². The summed E-state index contributed by atoms with van der Waals surface area (Å²) in [5, 5.41) is 2.23. The number of nitrogens with zero attached hydrogens (tertiary/aromatic N) is 1. The van der Waals surface area contributed by atoms with Crippen molar-refractivity contribution >= 4 is 45.5 Å². The van der Waals surface area contributed by atoms with Gasteiger partial charge in [-0.15, -0.1) is 0 Å². The molecule has 4 amide bonds. The average Bonchev–Trinajstić information content (AvgIpc) is 2.90. The van der Waals surface area contributed by atoms with E-state index in [0.717, 1.165) is 27.1 Å². The highest BCUT2D eigenvalue weighted by Gasteiger charge is 2.37. The molecular formula is C29H27BrN2O6. The fourth-order valence-electron chi connectivity index (χ4n) is 3.97. The number of benzene rings is 3. The molecule has 3 aromatic carbocycles. The normalized spacial score (nSPS) is 14.5. The average molecular weight is 579 g/mol. The molecule has 3 aromatic rings. The van der Waals surface area contributed by atoms with E-state index >= 15 is 0 Å². The maximum absolute atomic E-state index is 13.3. The Bertz CT molecular complexity index is 1400. The van der Waals surface area contributed by atoms with Crippen molar-refractivity contribution < 1.29 is 28.6 Å². The van der Waals surface area contributed by atoms with Crippen LogP contribution >= 0.6 is 15.9 Å². The molecule has 0 radical (unpaired) electrons. The van der Waals surface area contributed by atoms with E-state index in [2.05, 4.69) is 34.2 Å². The first-order valence-electron chi connectivity index (χ1n) is 12.0. The van der Waals surface area contributed by atoms with Gasteiger partial charge in [-0.25, -0.2) is 9.69 Å². The van der Waals surface area contributed by atoms with Gasteiger partial charge in [0, 0.05) is 10.0 Å². The van der Waals surface area contributed by atoms with Crippen molar-refractivity contribution in [3.05, 3.63) is 87.4 Å². The Hall–Kier alpha value is -4.11. The van der Waals surface area contributed by atoms with Crippen molar-refractivity contribution in [2.45, 2.75) is 20.3 Å². The van der Waals surface area contributed by atoms with Crippen LogP contribution in [0.25, 0.3) is 6.08 Å². The smallest absolute Gasteiger partial charge is 0.335 e. The van der Waals surface area contributed by atoms with E-state index in [-0.39, 0.29) is 12.2 Å². The van der Waals surface area contributed by atoms with Crippen LogP contribution in [0.3, 0.4) is 0 Å².